The Morgan fingerprint density at radius 3 is 1.51 bits per heavy atom. The molecule has 0 saturated carbocycles. The van der Waals surface area contributed by atoms with Gasteiger partial charge in [-0.2, -0.15) is 0 Å². The van der Waals surface area contributed by atoms with Crippen LogP contribution in [0.4, 0.5) is 0 Å². The van der Waals surface area contributed by atoms with E-state index in [2.05, 4.69) is 57.1 Å². The Morgan fingerprint density at radius 1 is 0.559 bits per heavy atom. The molecule has 0 atom stereocenters. The molecule has 0 aliphatic rings. The summed E-state index contributed by atoms with van der Waals surface area (Å²) in [6.07, 6.45) is 0. The Hall–Kier alpha value is -7.82. The average Bonchev–Trinajstić information content (AvgIpc) is 4.18. The number of hydrogen-bond acceptors (Lipinski definition) is 11. The van der Waals surface area contributed by atoms with Gasteiger partial charge < -0.3 is 28.5 Å². The normalized spacial score (nSPS) is 11.1. The Kier molecular flexibility index (Phi) is 13.3. The second-order valence-corrected chi connectivity index (χ2v) is 17.4. The summed E-state index contributed by atoms with van der Waals surface area (Å²) in [7, 11) is 0. The summed E-state index contributed by atoms with van der Waals surface area (Å²) in [6, 6.07) is 45.5. The quantitative estimate of drug-likeness (QED) is 0.109. The van der Waals surface area contributed by atoms with Crippen molar-refractivity contribution in [1.29, 1.82) is 0 Å². The molecule has 6 aromatic carbocycles. The van der Waals surface area contributed by atoms with Gasteiger partial charge in [0.1, 0.15) is 46.8 Å². The molecule has 14 nitrogen and oxygen atoms in total. The average molecular weight is 1040 g/mol. The van der Waals surface area contributed by atoms with Crippen molar-refractivity contribution in [2.45, 2.75) is 34.0 Å². The van der Waals surface area contributed by atoms with Crippen molar-refractivity contribution < 1.29 is 38.2 Å². The van der Waals surface area contributed by atoms with Gasteiger partial charge in [0.15, 0.2) is 0 Å². The Morgan fingerprint density at radius 2 is 1.03 bits per heavy atom. The fourth-order valence-corrected chi connectivity index (χ4v) is 8.48. The minimum absolute atomic E-state index is 0.231. The molecule has 0 amide bonds. The Balaban J connectivity index is 0.000000170. The van der Waals surface area contributed by atoms with Crippen LogP contribution in [0.25, 0.3) is 56.0 Å². The first-order valence-electron chi connectivity index (χ1n) is 21.3. The van der Waals surface area contributed by atoms with Crippen molar-refractivity contribution in [2.75, 3.05) is 6.61 Å². The highest BCUT2D eigenvalue weighted by molar-refractivity contribution is 9.10. The van der Waals surface area contributed by atoms with Crippen molar-refractivity contribution >= 4 is 65.9 Å². The van der Waals surface area contributed by atoms with Crippen molar-refractivity contribution in [3.63, 3.8) is 0 Å². The summed E-state index contributed by atoms with van der Waals surface area (Å²) < 4.78 is 33.2. The zero-order valence-electron chi connectivity index (χ0n) is 36.7. The third kappa shape index (κ3) is 9.82. The van der Waals surface area contributed by atoms with Crippen LogP contribution in [0.1, 0.15) is 50.2 Å². The maximum atomic E-state index is 12.3. The van der Waals surface area contributed by atoms with E-state index in [4.69, 9.17) is 23.5 Å². The van der Waals surface area contributed by atoms with Crippen molar-refractivity contribution in [1.82, 2.24) is 29.8 Å². The van der Waals surface area contributed by atoms with Gasteiger partial charge in [-0.3, -0.25) is 0 Å². The fraction of sp³-hybridized carbons (Fsp3) is 0.115. The molecular formula is C52H40Br2N6O8. The van der Waals surface area contributed by atoms with E-state index < -0.39 is 5.97 Å². The third-order valence-electron chi connectivity index (χ3n) is 11.0. The summed E-state index contributed by atoms with van der Waals surface area (Å²) in [4.78, 5) is 23.8. The second-order valence-electron chi connectivity index (χ2n) is 15.5. The predicted molar refractivity (Wildman–Crippen MR) is 262 cm³/mol. The van der Waals surface area contributed by atoms with Crippen LogP contribution in [0.3, 0.4) is 0 Å². The maximum absolute atomic E-state index is 12.3. The van der Waals surface area contributed by atoms with Crippen LogP contribution in [-0.4, -0.2) is 53.4 Å². The van der Waals surface area contributed by atoms with Crippen molar-refractivity contribution in [3.8, 4) is 45.4 Å². The molecule has 10 rings (SSSR count). The molecule has 0 saturated heterocycles. The van der Waals surface area contributed by atoms with Crippen LogP contribution in [-0.2, 0) is 18.0 Å². The number of hydrogen-bond donors (Lipinski definition) is 1. The highest BCUT2D eigenvalue weighted by Crippen LogP contribution is 2.38. The summed E-state index contributed by atoms with van der Waals surface area (Å²) in [5, 5.41) is 24.9. The summed E-state index contributed by atoms with van der Waals surface area (Å²) in [5.74, 6) is 0.123. The highest BCUT2D eigenvalue weighted by atomic mass is 79.9. The van der Waals surface area contributed by atoms with E-state index >= 15 is 0 Å². The van der Waals surface area contributed by atoms with Gasteiger partial charge in [-0.25, -0.2) is 18.8 Å². The number of rotatable bonds is 13. The molecule has 68 heavy (non-hydrogen) atoms. The van der Waals surface area contributed by atoms with Crippen molar-refractivity contribution in [3.05, 3.63) is 188 Å². The predicted octanol–water partition coefficient (Wildman–Crippen LogP) is 12.5. The minimum Gasteiger partial charge on any atom is -0.488 e. The molecule has 340 valence electrons. The van der Waals surface area contributed by atoms with Gasteiger partial charge in [-0.15, -0.1) is 0 Å². The van der Waals surface area contributed by atoms with E-state index in [1.165, 1.54) is 0 Å². The molecule has 0 bridgehead atoms. The van der Waals surface area contributed by atoms with Gasteiger partial charge in [0.25, 0.3) is 0 Å². The number of carboxylic acid groups (broad SMARTS) is 1. The van der Waals surface area contributed by atoms with Crippen molar-refractivity contribution in [2.24, 2.45) is 0 Å². The zero-order chi connectivity index (χ0) is 47.3. The first-order chi connectivity index (χ1) is 33.0. The lowest BCUT2D eigenvalue weighted by molar-refractivity contribution is 0.0525. The van der Waals surface area contributed by atoms with Crippen LogP contribution in [0.2, 0.25) is 0 Å². The van der Waals surface area contributed by atoms with Gasteiger partial charge >= 0.3 is 11.9 Å². The van der Waals surface area contributed by atoms with E-state index in [0.29, 0.717) is 53.2 Å². The molecule has 0 unspecified atom stereocenters. The van der Waals surface area contributed by atoms with Crippen LogP contribution in [0.15, 0.2) is 164 Å². The number of carboxylic acids is 1. The standard InChI is InChI=1S/C27H22BrN3O4.C25H18BrN3O4/c1-3-33-27(32)19-5-4-6-21(14-19)31-17(2)7-11-25(31)22-15-20(28)9-12-26(22)34-16-18-8-10-23-24(13-18)30-35-29-23;1-15-5-9-23(29(15)19-4-2-3-17(12-19)25(30)31)20-13-18(26)7-10-24(20)32-14-16-6-8-21-22(11-16)28-33-27-21/h4-15H,3,16H2,1-2H3;2-13H,14H2,1H3,(H,30,31). The molecule has 0 spiro atoms. The fourth-order valence-electron chi connectivity index (χ4n) is 7.76. The molecule has 0 aliphatic heterocycles. The van der Waals surface area contributed by atoms with Crippen LogP contribution in [0.5, 0.6) is 11.5 Å². The van der Waals surface area contributed by atoms with Gasteiger partial charge in [-0.1, -0.05) is 56.1 Å². The Labute approximate surface area is 405 Å². The Bertz CT molecular complexity index is 3470. The van der Waals surface area contributed by atoms with E-state index in [1.54, 1.807) is 31.2 Å². The molecule has 0 fully saturated rings. The second kappa shape index (κ2) is 20.0. The monoisotopic (exact) mass is 1030 g/mol. The number of aryl methyl sites for hydroxylation is 2. The van der Waals surface area contributed by atoms with Crippen LogP contribution >= 0.6 is 31.9 Å². The van der Waals surface area contributed by atoms with E-state index in [1.807, 2.05) is 140 Å². The molecular weight excluding hydrogens is 996 g/mol. The lowest BCUT2D eigenvalue weighted by atomic mass is 10.1. The van der Waals surface area contributed by atoms with E-state index in [9.17, 15) is 14.7 Å². The molecule has 0 radical (unpaired) electrons. The first-order valence-corrected chi connectivity index (χ1v) is 22.9. The van der Waals surface area contributed by atoms with E-state index in [0.717, 1.165) is 71.1 Å². The maximum Gasteiger partial charge on any atom is 0.338 e. The lowest BCUT2D eigenvalue weighted by Gasteiger charge is -2.17. The third-order valence-corrected chi connectivity index (χ3v) is 12.0. The number of carbonyl (C=O) groups is 2. The molecule has 16 heteroatoms. The number of nitrogens with zero attached hydrogens (tertiary/aromatic N) is 6. The smallest absolute Gasteiger partial charge is 0.338 e. The van der Waals surface area contributed by atoms with Crippen LogP contribution < -0.4 is 9.47 Å². The molecule has 10 aromatic rings. The van der Waals surface area contributed by atoms with Gasteiger partial charge in [0, 0.05) is 42.8 Å². The SMILES string of the molecule is CCOC(=O)c1cccc(-n2c(C)ccc2-c2cc(Br)ccc2OCc2ccc3nonc3c2)c1.Cc1ccc(-c2cc(Br)ccc2OCc2ccc3nonc3c2)n1-c1cccc(C(=O)O)c1. The largest absolute Gasteiger partial charge is 0.488 e. The molecule has 4 heterocycles. The zero-order valence-corrected chi connectivity index (χ0v) is 39.9. The number of carbonyl (C=O) groups excluding carboxylic acids is 1. The molecule has 1 N–H and O–H groups in total. The number of aromatic carboxylic acids is 1. The summed E-state index contributed by atoms with van der Waals surface area (Å²) >= 11 is 7.16. The molecule has 4 aromatic heterocycles. The highest BCUT2D eigenvalue weighted by Gasteiger charge is 2.19. The topological polar surface area (TPSA) is 170 Å². The number of ether oxygens (including phenoxy) is 3. The van der Waals surface area contributed by atoms with Crippen LogP contribution in [0, 0.1) is 13.8 Å². The number of aromatic nitrogens is 6. The number of halogens is 2. The number of benzene rings is 6. The molecule has 0 aliphatic carbocycles. The summed E-state index contributed by atoms with van der Waals surface area (Å²) in [5.41, 5.74) is 12.6. The first kappa shape index (κ1) is 45.3. The van der Waals surface area contributed by atoms with E-state index in [-0.39, 0.29) is 11.5 Å². The van der Waals surface area contributed by atoms with Gasteiger partial charge in [0.2, 0.25) is 0 Å². The number of fused-ring (bicyclic) bond motifs is 2. The van der Waals surface area contributed by atoms with Gasteiger partial charge in [-0.05, 0) is 174 Å². The number of esters is 1. The minimum atomic E-state index is -0.964. The van der Waals surface area contributed by atoms with Gasteiger partial charge in [0.05, 0.1) is 29.1 Å². The lowest BCUT2D eigenvalue weighted by Crippen LogP contribution is -2.07. The summed E-state index contributed by atoms with van der Waals surface area (Å²) in [6.45, 7) is 6.83.